The van der Waals surface area contributed by atoms with E-state index in [0.29, 0.717) is 23.7 Å². The van der Waals surface area contributed by atoms with Gasteiger partial charge in [0.05, 0.1) is 0 Å². The molecule has 3 atom stereocenters. The summed E-state index contributed by atoms with van der Waals surface area (Å²) in [6.45, 7) is 6.09. The van der Waals surface area contributed by atoms with E-state index in [4.69, 9.17) is 14.2 Å². The monoisotopic (exact) mass is 326 g/mol. The molecule has 0 aromatic heterocycles. The fourth-order valence-corrected chi connectivity index (χ4v) is 3.93. The maximum absolute atomic E-state index is 12.0. The molecule has 0 spiro atoms. The van der Waals surface area contributed by atoms with E-state index in [1.54, 1.807) is 6.08 Å². The lowest BCUT2D eigenvalue weighted by atomic mass is 9.66. The maximum Gasteiger partial charge on any atom is 0.231 e. The van der Waals surface area contributed by atoms with Crippen LogP contribution in [0.25, 0.3) is 0 Å². The molecule has 24 heavy (non-hydrogen) atoms. The second kappa shape index (κ2) is 5.23. The Hall–Kier alpha value is -2.56. The van der Waals surface area contributed by atoms with E-state index in [1.807, 2.05) is 18.2 Å². The highest BCUT2D eigenvalue weighted by molar-refractivity contribution is 6.42. The van der Waals surface area contributed by atoms with Crippen LogP contribution >= 0.6 is 0 Å². The summed E-state index contributed by atoms with van der Waals surface area (Å²) in [7, 11) is 0. The van der Waals surface area contributed by atoms with Crippen LogP contribution < -0.4 is 9.47 Å². The minimum absolute atomic E-state index is 0.0270. The van der Waals surface area contributed by atoms with Crippen molar-refractivity contribution in [3.05, 3.63) is 48.3 Å². The molecule has 5 heteroatoms. The van der Waals surface area contributed by atoms with Gasteiger partial charge >= 0.3 is 0 Å². The minimum atomic E-state index is -0.492. The lowest BCUT2D eigenvalue weighted by molar-refractivity contribution is -0.136. The number of rotatable bonds is 3. The number of ether oxygens (including phenoxy) is 3. The first-order chi connectivity index (χ1) is 11.5. The second-order valence-corrected chi connectivity index (χ2v) is 6.56. The zero-order chi connectivity index (χ0) is 16.9. The van der Waals surface area contributed by atoms with Crippen LogP contribution in [0, 0.1) is 11.3 Å². The highest BCUT2D eigenvalue weighted by atomic mass is 16.7. The van der Waals surface area contributed by atoms with Gasteiger partial charge in [0.15, 0.2) is 11.5 Å². The van der Waals surface area contributed by atoms with Crippen LogP contribution in [-0.4, -0.2) is 18.4 Å². The van der Waals surface area contributed by atoms with E-state index in [1.165, 1.54) is 6.08 Å². The van der Waals surface area contributed by atoms with Crippen LogP contribution in [0.1, 0.15) is 31.4 Å². The first-order valence-electron chi connectivity index (χ1n) is 8.01. The molecule has 0 radical (unpaired) electrons. The SMILES string of the molecule is C=CC[C@@]12CC(=O)C(=O)C=C1O[C@H](c1ccc3c(c1)OCO3)[C@H]2C. The molecule has 1 aliphatic carbocycles. The molecule has 1 saturated heterocycles. The van der Waals surface area contributed by atoms with Gasteiger partial charge in [-0.25, -0.2) is 0 Å². The van der Waals surface area contributed by atoms with Crippen molar-refractivity contribution < 1.29 is 23.8 Å². The van der Waals surface area contributed by atoms with Crippen LogP contribution in [-0.2, 0) is 14.3 Å². The number of hydrogen-bond donors (Lipinski definition) is 0. The van der Waals surface area contributed by atoms with Crippen LogP contribution in [0.5, 0.6) is 11.5 Å². The van der Waals surface area contributed by atoms with Gasteiger partial charge in [0.2, 0.25) is 18.4 Å². The largest absolute Gasteiger partial charge is 0.489 e. The first-order valence-corrected chi connectivity index (χ1v) is 8.01. The number of ketones is 2. The minimum Gasteiger partial charge on any atom is -0.489 e. The van der Waals surface area contributed by atoms with Crippen molar-refractivity contribution in [2.24, 2.45) is 11.3 Å². The number of carbonyl (C=O) groups is 2. The summed E-state index contributed by atoms with van der Waals surface area (Å²) < 4.78 is 16.9. The molecule has 1 aromatic carbocycles. The Balaban J connectivity index is 1.75. The number of fused-ring (bicyclic) bond motifs is 2. The summed E-state index contributed by atoms with van der Waals surface area (Å²) in [5, 5.41) is 0. The van der Waals surface area contributed by atoms with Gasteiger partial charge < -0.3 is 14.2 Å². The van der Waals surface area contributed by atoms with E-state index < -0.39 is 11.2 Å². The molecule has 4 rings (SSSR count). The van der Waals surface area contributed by atoms with Gasteiger partial charge in [-0.3, -0.25) is 9.59 Å². The normalized spacial score (nSPS) is 30.6. The van der Waals surface area contributed by atoms with Crippen LogP contribution in [0.15, 0.2) is 42.7 Å². The summed E-state index contributed by atoms with van der Waals surface area (Å²) in [4.78, 5) is 23.9. The fraction of sp³-hybridized carbons (Fsp3) is 0.368. The van der Waals surface area contributed by atoms with E-state index in [0.717, 1.165) is 5.56 Å². The lowest BCUT2D eigenvalue weighted by Crippen LogP contribution is -2.35. The van der Waals surface area contributed by atoms with Crippen molar-refractivity contribution in [2.75, 3.05) is 6.79 Å². The Morgan fingerprint density at radius 3 is 2.88 bits per heavy atom. The summed E-state index contributed by atoms with van der Waals surface area (Å²) in [6, 6.07) is 5.71. The molecule has 3 aliphatic rings. The Morgan fingerprint density at radius 2 is 2.08 bits per heavy atom. The second-order valence-electron chi connectivity index (χ2n) is 6.56. The number of benzene rings is 1. The highest BCUT2D eigenvalue weighted by Gasteiger charge is 2.55. The predicted molar refractivity (Wildman–Crippen MR) is 85.5 cm³/mol. The third kappa shape index (κ3) is 2.00. The summed E-state index contributed by atoms with van der Waals surface area (Å²) >= 11 is 0. The van der Waals surface area contributed by atoms with Crippen molar-refractivity contribution in [2.45, 2.75) is 25.9 Å². The molecule has 0 amide bonds. The number of allylic oxidation sites excluding steroid dienone is 3. The molecule has 0 unspecified atom stereocenters. The molecule has 1 fully saturated rings. The molecule has 0 bridgehead atoms. The number of Topliss-reactive ketones (excluding diaryl/α,β-unsaturated/α-hetero) is 1. The smallest absolute Gasteiger partial charge is 0.231 e. The molecule has 2 heterocycles. The third-order valence-corrected chi connectivity index (χ3v) is 5.32. The fourth-order valence-electron chi connectivity index (χ4n) is 3.93. The molecular weight excluding hydrogens is 308 g/mol. The van der Waals surface area contributed by atoms with Gasteiger partial charge in [0.1, 0.15) is 11.9 Å². The molecular formula is C19H18O5. The first kappa shape index (κ1) is 15.0. The zero-order valence-corrected chi connectivity index (χ0v) is 13.4. The quantitative estimate of drug-likeness (QED) is 0.631. The number of carbonyl (C=O) groups excluding carboxylic acids is 2. The van der Waals surface area contributed by atoms with E-state index in [2.05, 4.69) is 13.5 Å². The van der Waals surface area contributed by atoms with Crippen molar-refractivity contribution in [1.29, 1.82) is 0 Å². The maximum atomic E-state index is 12.0. The molecule has 0 saturated carbocycles. The Labute approximate surface area is 139 Å². The average Bonchev–Trinajstić information content (AvgIpc) is 3.12. The molecule has 1 aromatic rings. The standard InChI is InChI=1S/C19H18O5/c1-3-6-19-9-14(21)13(20)8-17(19)24-18(11(19)2)12-4-5-15-16(7-12)23-10-22-15/h3-5,7-8,11,18H,1,6,9-10H2,2H3/t11-,18+,19+/m1/s1. The van der Waals surface area contributed by atoms with Crippen LogP contribution in [0.4, 0.5) is 0 Å². The summed E-state index contributed by atoms with van der Waals surface area (Å²) in [6.07, 6.45) is 3.67. The third-order valence-electron chi connectivity index (χ3n) is 5.32. The van der Waals surface area contributed by atoms with Crippen LogP contribution in [0.3, 0.4) is 0 Å². The Morgan fingerprint density at radius 1 is 1.29 bits per heavy atom. The van der Waals surface area contributed by atoms with Crippen molar-refractivity contribution in [3.63, 3.8) is 0 Å². The van der Waals surface area contributed by atoms with Crippen LogP contribution in [0.2, 0.25) is 0 Å². The molecule has 124 valence electrons. The topological polar surface area (TPSA) is 61.8 Å². The van der Waals surface area contributed by atoms with Gasteiger partial charge in [-0.05, 0) is 24.1 Å². The Bertz CT molecular complexity index is 778. The van der Waals surface area contributed by atoms with Gasteiger partial charge in [0.25, 0.3) is 0 Å². The highest BCUT2D eigenvalue weighted by Crippen LogP contribution is 2.58. The Kier molecular flexibility index (Phi) is 3.27. The van der Waals surface area contributed by atoms with E-state index in [9.17, 15) is 9.59 Å². The molecule has 5 nitrogen and oxygen atoms in total. The lowest BCUT2D eigenvalue weighted by Gasteiger charge is -2.33. The van der Waals surface area contributed by atoms with Gasteiger partial charge in [-0.2, -0.15) is 0 Å². The van der Waals surface area contributed by atoms with Gasteiger partial charge in [-0.1, -0.05) is 19.1 Å². The van der Waals surface area contributed by atoms with Crippen molar-refractivity contribution in [3.8, 4) is 11.5 Å². The number of hydrogen-bond acceptors (Lipinski definition) is 5. The average molecular weight is 326 g/mol. The van der Waals surface area contributed by atoms with Gasteiger partial charge in [-0.15, -0.1) is 6.58 Å². The van der Waals surface area contributed by atoms with Crippen molar-refractivity contribution >= 4 is 11.6 Å². The van der Waals surface area contributed by atoms with Crippen molar-refractivity contribution in [1.82, 2.24) is 0 Å². The predicted octanol–water partition coefficient (Wildman–Crippen LogP) is 3.11. The van der Waals surface area contributed by atoms with E-state index >= 15 is 0 Å². The van der Waals surface area contributed by atoms with Gasteiger partial charge in [0, 0.05) is 23.8 Å². The van der Waals surface area contributed by atoms with E-state index in [-0.39, 0.29) is 31.0 Å². The summed E-state index contributed by atoms with van der Waals surface area (Å²) in [5.41, 5.74) is 0.457. The molecule has 0 N–H and O–H groups in total. The zero-order valence-electron chi connectivity index (χ0n) is 13.4. The molecule has 2 aliphatic heterocycles. The summed E-state index contributed by atoms with van der Waals surface area (Å²) in [5.74, 6) is 1.19.